The van der Waals surface area contributed by atoms with Gasteiger partial charge in [0.15, 0.2) is 7.14 Å². The van der Waals surface area contributed by atoms with E-state index < -0.39 is 20.5 Å². The summed E-state index contributed by atoms with van der Waals surface area (Å²) in [6.07, 6.45) is 0. The molecule has 1 aliphatic heterocycles. The minimum atomic E-state index is -3.50. The van der Waals surface area contributed by atoms with Gasteiger partial charge in [-0.25, -0.2) is 0 Å². The van der Waals surface area contributed by atoms with E-state index in [0.717, 1.165) is 94.9 Å². The van der Waals surface area contributed by atoms with Gasteiger partial charge < -0.3 is 19.1 Å². The molecule has 12 aromatic rings. The number of benzene rings is 12. The zero-order chi connectivity index (χ0) is 52.8. The number of fused-ring (bicyclic) bond motifs is 9. The lowest BCUT2D eigenvalue weighted by atomic mass is 9.66. The topological polar surface area (TPSA) is 32.8 Å². The van der Waals surface area contributed by atoms with E-state index in [9.17, 15) is 0 Å². The van der Waals surface area contributed by atoms with Crippen LogP contribution in [0, 0.1) is 0 Å². The van der Waals surface area contributed by atoms with Crippen LogP contribution in [0.4, 0.5) is 34.1 Å². The van der Waals surface area contributed by atoms with Gasteiger partial charge in [0.05, 0.1) is 5.41 Å². The zero-order valence-electron chi connectivity index (χ0n) is 43.1. The van der Waals surface area contributed by atoms with Crippen LogP contribution in [0.1, 0.15) is 22.3 Å². The number of anilines is 6. The van der Waals surface area contributed by atoms with Crippen molar-refractivity contribution in [3.63, 3.8) is 0 Å². The molecule has 0 atom stereocenters. The fraction of sp³-hybridized carbons (Fsp3) is 0.0137. The van der Waals surface area contributed by atoms with E-state index >= 15 is 4.57 Å². The van der Waals surface area contributed by atoms with Crippen LogP contribution in [-0.4, -0.2) is 0 Å². The molecule has 14 rings (SSSR count). The molecule has 376 valence electrons. The lowest BCUT2D eigenvalue weighted by molar-refractivity contribution is 0.436. The molecule has 0 aromatic heterocycles. The van der Waals surface area contributed by atoms with E-state index in [1.54, 1.807) is 0 Å². The largest absolute Gasteiger partial charge is 0.457 e. The Morgan fingerprint density at radius 3 is 1.05 bits per heavy atom. The summed E-state index contributed by atoms with van der Waals surface area (Å²) >= 11 is 0. The summed E-state index contributed by atoms with van der Waals surface area (Å²) in [5, 5.41) is 6.09. The number of ether oxygens (including phenoxy) is 1. The van der Waals surface area contributed by atoms with Gasteiger partial charge >= 0.3 is 0 Å². The molecule has 12 aromatic carbocycles. The van der Waals surface area contributed by atoms with E-state index in [1.807, 2.05) is 60.7 Å². The Labute approximate surface area is 463 Å². The zero-order valence-corrected chi connectivity index (χ0v) is 44.9. The molecule has 0 unspecified atom stereocenters. The predicted molar refractivity (Wildman–Crippen MR) is 331 cm³/mol. The summed E-state index contributed by atoms with van der Waals surface area (Å²) < 4.78 is 24.1. The van der Waals surface area contributed by atoms with Gasteiger partial charge in [-0.2, -0.15) is 0 Å². The van der Waals surface area contributed by atoms with Gasteiger partial charge in [0.1, 0.15) is 11.5 Å². The molecule has 6 heteroatoms. The van der Waals surface area contributed by atoms with Crippen LogP contribution in [0.2, 0.25) is 0 Å². The first-order chi connectivity index (χ1) is 39.1. The highest BCUT2D eigenvalue weighted by Gasteiger charge is 2.53. The van der Waals surface area contributed by atoms with Crippen LogP contribution >= 0.6 is 15.1 Å². The average Bonchev–Trinajstić information content (AvgIpc) is 3.83. The molecule has 0 saturated heterocycles. The van der Waals surface area contributed by atoms with E-state index in [-0.39, 0.29) is 0 Å². The molecule has 2 aliphatic rings. The molecule has 79 heavy (non-hydrogen) atoms. The van der Waals surface area contributed by atoms with Crippen LogP contribution in [-0.2, 0) is 9.98 Å². The van der Waals surface area contributed by atoms with Gasteiger partial charge in [0.2, 0.25) is 0 Å². The van der Waals surface area contributed by atoms with E-state index in [0.29, 0.717) is 0 Å². The SMILES string of the molecule is O=P(c1ccccc1)(c1ccccc1)c1ccc2c(c1)C1(c3cc(N(c4ccccc4)c4ccccc4)ccc3Oc3ccc(N(c4ccccc4)c4ccccc4)cc31)c1cc(P(c3ccccc3)c3ccccc3)ccc1-2. The van der Waals surface area contributed by atoms with Crippen molar-refractivity contribution in [2.75, 3.05) is 9.80 Å². The van der Waals surface area contributed by atoms with Crippen molar-refractivity contribution in [3.05, 3.63) is 338 Å². The molecule has 0 fully saturated rings. The highest BCUT2D eigenvalue weighted by molar-refractivity contribution is 7.85. The third-order valence-corrected chi connectivity index (χ3v) is 21.0. The Balaban J connectivity index is 1.12. The molecular formula is C73H52N2O2P2. The Morgan fingerprint density at radius 2 is 0.646 bits per heavy atom. The minimum absolute atomic E-state index is 0.755. The van der Waals surface area contributed by atoms with Crippen molar-refractivity contribution in [1.29, 1.82) is 0 Å². The minimum Gasteiger partial charge on any atom is -0.457 e. The second-order valence-electron chi connectivity index (χ2n) is 20.0. The first-order valence-electron chi connectivity index (χ1n) is 26.8. The molecule has 1 aliphatic carbocycles. The molecule has 1 spiro atoms. The second kappa shape index (κ2) is 20.2. The molecule has 1 heterocycles. The monoisotopic (exact) mass is 1050 g/mol. The molecule has 0 bridgehead atoms. The summed E-state index contributed by atoms with van der Waals surface area (Å²) in [7, 11) is -4.53. The number of para-hydroxylation sites is 4. The third kappa shape index (κ3) is 8.23. The van der Waals surface area contributed by atoms with Crippen molar-refractivity contribution in [2.24, 2.45) is 0 Å². The first kappa shape index (κ1) is 48.1. The van der Waals surface area contributed by atoms with Crippen LogP contribution in [0.15, 0.2) is 315 Å². The van der Waals surface area contributed by atoms with Crippen molar-refractivity contribution >= 4 is 81.0 Å². The quantitative estimate of drug-likeness (QED) is 0.114. The van der Waals surface area contributed by atoms with Gasteiger partial charge in [-0.3, -0.25) is 0 Å². The smallest absolute Gasteiger partial charge is 0.171 e. The fourth-order valence-corrected chi connectivity index (χ4v) is 17.1. The van der Waals surface area contributed by atoms with Crippen LogP contribution < -0.4 is 46.4 Å². The van der Waals surface area contributed by atoms with Crippen molar-refractivity contribution in [2.45, 2.75) is 5.41 Å². The van der Waals surface area contributed by atoms with Crippen molar-refractivity contribution in [3.8, 4) is 22.6 Å². The van der Waals surface area contributed by atoms with E-state index in [2.05, 4.69) is 265 Å². The maximum Gasteiger partial charge on any atom is 0.171 e. The summed E-state index contributed by atoms with van der Waals surface area (Å²) in [6.45, 7) is 0. The van der Waals surface area contributed by atoms with Crippen molar-refractivity contribution < 1.29 is 9.30 Å². The molecule has 0 radical (unpaired) electrons. The Hall–Kier alpha value is -9.30. The molecule has 0 N–H and O–H groups in total. The van der Waals surface area contributed by atoms with Crippen LogP contribution in [0.25, 0.3) is 11.1 Å². The second-order valence-corrected chi connectivity index (χ2v) is 25.0. The Morgan fingerprint density at radius 1 is 0.291 bits per heavy atom. The van der Waals surface area contributed by atoms with Crippen molar-refractivity contribution in [1.82, 2.24) is 0 Å². The molecule has 0 saturated carbocycles. The van der Waals surface area contributed by atoms with E-state index in [4.69, 9.17) is 4.74 Å². The third-order valence-electron chi connectivity index (χ3n) is 15.5. The molecule has 4 nitrogen and oxygen atoms in total. The maximum atomic E-state index is 16.8. The predicted octanol–water partition coefficient (Wildman–Crippen LogP) is 16.5. The summed E-state index contributed by atoms with van der Waals surface area (Å²) in [5.41, 5.74) is 11.4. The Bertz CT molecular complexity index is 3890. The maximum absolute atomic E-state index is 16.8. The number of rotatable bonds is 12. The Kier molecular flexibility index (Phi) is 12.3. The number of hydrogen-bond acceptors (Lipinski definition) is 4. The van der Waals surface area contributed by atoms with Gasteiger partial charge in [0, 0.05) is 61.2 Å². The van der Waals surface area contributed by atoms with Gasteiger partial charge in [-0.15, -0.1) is 0 Å². The average molecular weight is 1050 g/mol. The summed E-state index contributed by atoms with van der Waals surface area (Å²) in [6, 6.07) is 112. The van der Waals surface area contributed by atoms with Gasteiger partial charge in [-0.05, 0) is 143 Å². The van der Waals surface area contributed by atoms with Gasteiger partial charge in [0.25, 0.3) is 0 Å². The van der Waals surface area contributed by atoms with Crippen LogP contribution in [0.3, 0.4) is 0 Å². The van der Waals surface area contributed by atoms with E-state index in [1.165, 1.54) is 15.9 Å². The fourth-order valence-electron chi connectivity index (χ4n) is 12.1. The highest BCUT2D eigenvalue weighted by atomic mass is 31.2. The standard InChI is InChI=1S/C73H52N2O2P2/c76-79(62-37-21-7-22-38-62,63-39-23-8-24-40-63)64-44-46-66-65-45-43-61(78(59-33-17-5-18-34-59)60-35-19-6-20-36-60)51-67(65)73(68(66)52-64)69-49-57(74(53-25-9-1-10-26-53)54-27-11-2-12-28-54)41-47-71(69)77-72-48-42-58(50-70(72)73)75(55-29-13-3-14-30-55)56-31-15-4-16-32-56/h1-52H. The molecule has 0 amide bonds. The number of nitrogens with zero attached hydrogens (tertiary/aromatic N) is 2. The van der Waals surface area contributed by atoms with Crippen LogP contribution in [0.5, 0.6) is 11.5 Å². The first-order valence-corrected chi connectivity index (χ1v) is 29.8. The lowest BCUT2D eigenvalue weighted by Gasteiger charge is -2.41. The lowest BCUT2D eigenvalue weighted by Crippen LogP contribution is -2.35. The summed E-state index contributed by atoms with van der Waals surface area (Å²) in [4.78, 5) is 4.66. The highest BCUT2D eigenvalue weighted by Crippen LogP contribution is 2.64. The molecular weight excluding hydrogens is 999 g/mol. The van der Waals surface area contributed by atoms with Gasteiger partial charge in [-0.1, -0.05) is 218 Å². The summed E-state index contributed by atoms with van der Waals surface area (Å²) in [5.74, 6) is 1.51. The number of hydrogen-bond donors (Lipinski definition) is 0. The normalized spacial score (nSPS) is 12.7.